The van der Waals surface area contributed by atoms with Crippen LogP contribution in [0.1, 0.15) is 41.9 Å². The second-order valence-electron chi connectivity index (χ2n) is 7.49. The van der Waals surface area contributed by atoms with Gasteiger partial charge in [-0.25, -0.2) is 0 Å². The molecule has 2 aromatic heterocycles. The maximum Gasteiger partial charge on any atom is 0.270 e. The van der Waals surface area contributed by atoms with Crippen LogP contribution in [0.25, 0.3) is 10.2 Å². The van der Waals surface area contributed by atoms with Crippen LogP contribution in [-0.4, -0.2) is 34.4 Å². The van der Waals surface area contributed by atoms with Crippen molar-refractivity contribution in [3.63, 3.8) is 0 Å². The van der Waals surface area contributed by atoms with E-state index >= 15 is 0 Å². The second kappa shape index (κ2) is 7.80. The van der Waals surface area contributed by atoms with E-state index in [0.29, 0.717) is 18.8 Å². The molecule has 1 fully saturated rings. The minimum atomic E-state index is -0.162. The smallest absolute Gasteiger partial charge is 0.270 e. The molecule has 5 nitrogen and oxygen atoms in total. The molecule has 6 heteroatoms. The van der Waals surface area contributed by atoms with Crippen molar-refractivity contribution < 1.29 is 9.59 Å². The van der Waals surface area contributed by atoms with Crippen LogP contribution in [0.2, 0.25) is 0 Å². The molecule has 0 bridgehead atoms. The fourth-order valence-corrected chi connectivity index (χ4v) is 4.80. The van der Waals surface area contributed by atoms with Crippen LogP contribution in [0, 0.1) is 5.92 Å². The van der Waals surface area contributed by atoms with E-state index in [4.69, 9.17) is 0 Å². The maximum absolute atomic E-state index is 13.1. The van der Waals surface area contributed by atoms with Gasteiger partial charge in [0.05, 0.1) is 22.2 Å². The number of amides is 2. The summed E-state index contributed by atoms with van der Waals surface area (Å²) in [7, 11) is 1.93. The Morgan fingerprint density at radius 3 is 2.75 bits per heavy atom. The third-order valence-electron chi connectivity index (χ3n) is 5.62. The molecular formula is C22H25N3O2S. The van der Waals surface area contributed by atoms with E-state index in [-0.39, 0.29) is 23.8 Å². The van der Waals surface area contributed by atoms with Crippen molar-refractivity contribution in [3.8, 4) is 0 Å². The van der Waals surface area contributed by atoms with Crippen LogP contribution in [0.3, 0.4) is 0 Å². The van der Waals surface area contributed by atoms with Gasteiger partial charge in [0.15, 0.2) is 0 Å². The number of aromatic nitrogens is 1. The van der Waals surface area contributed by atoms with Gasteiger partial charge in [-0.05, 0) is 42.8 Å². The Balaban J connectivity index is 1.43. The van der Waals surface area contributed by atoms with Gasteiger partial charge in [0.1, 0.15) is 5.69 Å². The van der Waals surface area contributed by atoms with E-state index in [2.05, 4.69) is 5.32 Å². The molecule has 4 rings (SSSR count). The molecule has 1 aromatic carbocycles. The quantitative estimate of drug-likeness (QED) is 0.727. The first-order valence-corrected chi connectivity index (χ1v) is 10.6. The lowest BCUT2D eigenvalue weighted by Gasteiger charge is -2.32. The topological polar surface area (TPSA) is 54.3 Å². The molecule has 0 unspecified atom stereocenters. The summed E-state index contributed by atoms with van der Waals surface area (Å²) in [4.78, 5) is 27.7. The Bertz CT molecular complexity index is 992. The van der Waals surface area contributed by atoms with Crippen LogP contribution in [-0.2, 0) is 11.8 Å². The highest BCUT2D eigenvalue weighted by atomic mass is 32.1. The first kappa shape index (κ1) is 18.7. The molecular weight excluding hydrogens is 370 g/mol. The van der Waals surface area contributed by atoms with Gasteiger partial charge in [0, 0.05) is 20.1 Å². The number of aryl methyl sites for hydroxylation is 1. The Labute approximate surface area is 169 Å². The molecule has 2 atom stereocenters. The number of nitrogens with one attached hydrogen (secondary N) is 1. The highest BCUT2D eigenvalue weighted by Crippen LogP contribution is 2.26. The number of carbonyl (C=O) groups excluding carboxylic acids is 2. The van der Waals surface area contributed by atoms with E-state index in [1.165, 1.54) is 0 Å². The SMILES string of the molecule is C[C@@H](NC(=O)[C@@H]1CCCN(C(=O)c2cc3sccc3n2C)C1)c1ccccc1. The van der Waals surface area contributed by atoms with Gasteiger partial charge in [-0.2, -0.15) is 0 Å². The summed E-state index contributed by atoms with van der Waals surface area (Å²) in [6, 6.07) is 13.9. The van der Waals surface area contributed by atoms with Gasteiger partial charge < -0.3 is 14.8 Å². The molecule has 0 aliphatic carbocycles. The van der Waals surface area contributed by atoms with Crippen LogP contribution in [0.15, 0.2) is 47.8 Å². The summed E-state index contributed by atoms with van der Waals surface area (Å²) in [6.07, 6.45) is 1.67. The number of fused-ring (bicyclic) bond motifs is 1. The van der Waals surface area contributed by atoms with Crippen molar-refractivity contribution in [1.29, 1.82) is 0 Å². The molecule has 146 valence electrons. The van der Waals surface area contributed by atoms with Crippen LogP contribution < -0.4 is 5.32 Å². The highest BCUT2D eigenvalue weighted by molar-refractivity contribution is 7.17. The number of piperidine rings is 1. The third-order valence-corrected chi connectivity index (χ3v) is 6.47. The number of thiophene rings is 1. The van der Waals surface area contributed by atoms with Crippen molar-refractivity contribution in [2.24, 2.45) is 13.0 Å². The Morgan fingerprint density at radius 2 is 2.00 bits per heavy atom. The number of hydrogen-bond donors (Lipinski definition) is 1. The molecule has 3 heterocycles. The van der Waals surface area contributed by atoms with Gasteiger partial charge in [-0.3, -0.25) is 9.59 Å². The number of nitrogens with zero attached hydrogens (tertiary/aromatic N) is 2. The Morgan fingerprint density at radius 1 is 1.21 bits per heavy atom. The molecule has 1 aliphatic rings. The number of likely N-dealkylation sites (tertiary alicyclic amines) is 1. The number of rotatable bonds is 4. The fourth-order valence-electron chi connectivity index (χ4n) is 3.95. The minimum absolute atomic E-state index is 0.0134. The van der Waals surface area contributed by atoms with E-state index in [1.807, 2.05) is 71.3 Å². The van der Waals surface area contributed by atoms with Gasteiger partial charge in [0.2, 0.25) is 5.91 Å². The van der Waals surface area contributed by atoms with Crippen molar-refractivity contribution in [2.75, 3.05) is 13.1 Å². The zero-order valence-electron chi connectivity index (χ0n) is 16.2. The van der Waals surface area contributed by atoms with E-state index in [0.717, 1.165) is 28.6 Å². The normalized spacial score (nSPS) is 18.2. The predicted octanol–water partition coefficient (Wildman–Crippen LogP) is 3.97. The maximum atomic E-state index is 13.1. The van der Waals surface area contributed by atoms with E-state index < -0.39 is 0 Å². The van der Waals surface area contributed by atoms with Crippen molar-refractivity contribution in [1.82, 2.24) is 14.8 Å². The summed E-state index contributed by atoms with van der Waals surface area (Å²) < 4.78 is 3.07. The van der Waals surface area contributed by atoms with Gasteiger partial charge >= 0.3 is 0 Å². The van der Waals surface area contributed by atoms with Gasteiger partial charge in [0.25, 0.3) is 5.91 Å². The average molecular weight is 396 g/mol. The molecule has 0 radical (unpaired) electrons. The van der Waals surface area contributed by atoms with Crippen molar-refractivity contribution in [2.45, 2.75) is 25.8 Å². The Hall–Kier alpha value is -2.60. The monoisotopic (exact) mass is 395 g/mol. The molecule has 28 heavy (non-hydrogen) atoms. The van der Waals surface area contributed by atoms with Crippen LogP contribution >= 0.6 is 11.3 Å². The first-order valence-electron chi connectivity index (χ1n) is 9.72. The third kappa shape index (κ3) is 3.56. The zero-order chi connectivity index (χ0) is 19.7. The van der Waals surface area contributed by atoms with E-state index in [1.54, 1.807) is 11.3 Å². The largest absolute Gasteiger partial charge is 0.349 e. The number of hydrogen-bond acceptors (Lipinski definition) is 3. The second-order valence-corrected chi connectivity index (χ2v) is 8.44. The molecule has 1 aliphatic heterocycles. The molecule has 3 aromatic rings. The Kier molecular flexibility index (Phi) is 5.22. The number of carbonyl (C=O) groups is 2. The van der Waals surface area contributed by atoms with Gasteiger partial charge in [-0.1, -0.05) is 30.3 Å². The highest BCUT2D eigenvalue weighted by Gasteiger charge is 2.30. The predicted molar refractivity (Wildman–Crippen MR) is 112 cm³/mol. The molecule has 1 N–H and O–H groups in total. The standard InChI is InChI=1S/C22H25N3O2S/c1-15(16-7-4-3-5-8-16)23-21(26)17-9-6-11-25(14-17)22(27)19-13-20-18(24(19)2)10-12-28-20/h3-5,7-8,10,12-13,15,17H,6,9,11,14H2,1-2H3,(H,23,26)/t15-,17-/m1/s1. The summed E-state index contributed by atoms with van der Waals surface area (Å²) in [5.74, 6) is -0.119. The van der Waals surface area contributed by atoms with E-state index in [9.17, 15) is 9.59 Å². The van der Waals surface area contributed by atoms with Crippen molar-refractivity contribution in [3.05, 3.63) is 59.1 Å². The molecule has 0 saturated carbocycles. The lowest BCUT2D eigenvalue weighted by atomic mass is 9.96. The summed E-state index contributed by atoms with van der Waals surface area (Å²) >= 11 is 1.64. The van der Waals surface area contributed by atoms with Gasteiger partial charge in [-0.15, -0.1) is 11.3 Å². The first-order chi connectivity index (χ1) is 13.5. The zero-order valence-corrected chi connectivity index (χ0v) is 17.0. The lowest BCUT2D eigenvalue weighted by molar-refractivity contribution is -0.127. The summed E-state index contributed by atoms with van der Waals surface area (Å²) in [6.45, 7) is 3.18. The number of benzene rings is 1. The van der Waals surface area contributed by atoms with Crippen molar-refractivity contribution >= 4 is 33.4 Å². The average Bonchev–Trinajstić information content (AvgIpc) is 3.31. The van der Waals surface area contributed by atoms with Crippen LogP contribution in [0.5, 0.6) is 0 Å². The summed E-state index contributed by atoms with van der Waals surface area (Å²) in [5.41, 5.74) is 2.86. The lowest BCUT2D eigenvalue weighted by Crippen LogP contribution is -2.46. The molecule has 0 spiro atoms. The fraction of sp³-hybridized carbons (Fsp3) is 0.364. The van der Waals surface area contributed by atoms with Crippen LogP contribution in [0.4, 0.5) is 0 Å². The summed E-state index contributed by atoms with van der Waals surface area (Å²) in [5, 5.41) is 5.15. The minimum Gasteiger partial charge on any atom is -0.349 e. The molecule has 1 saturated heterocycles. The molecule has 2 amide bonds.